The van der Waals surface area contributed by atoms with E-state index in [2.05, 4.69) is 43.1 Å². The van der Waals surface area contributed by atoms with Crippen LogP contribution in [-0.4, -0.2) is 17.2 Å². The van der Waals surface area contributed by atoms with Crippen LogP contribution < -0.4 is 9.47 Å². The second-order valence-corrected chi connectivity index (χ2v) is 7.07. The summed E-state index contributed by atoms with van der Waals surface area (Å²) in [4.78, 5) is 4.20. The lowest BCUT2D eigenvalue weighted by Crippen LogP contribution is -2.18. The van der Waals surface area contributed by atoms with Gasteiger partial charge in [0.2, 0.25) is 0 Å². The van der Waals surface area contributed by atoms with Gasteiger partial charge in [0, 0.05) is 5.41 Å². The summed E-state index contributed by atoms with van der Waals surface area (Å²) in [5.74, 6) is 2.24. The standard InChI is InChI=1S/C23H25NO3/c1-16(25)22-14-13-21(15-24-22)27-20-11-7-18(8-12-20)23(2,3)17-5-9-19(26-4)10-6-17/h5-16,25H,1-4H3. The maximum atomic E-state index is 9.52. The molecule has 4 heteroatoms. The highest BCUT2D eigenvalue weighted by molar-refractivity contribution is 5.42. The lowest BCUT2D eigenvalue weighted by atomic mass is 9.78. The molecule has 1 aromatic heterocycles. The van der Waals surface area contributed by atoms with E-state index in [0.29, 0.717) is 11.4 Å². The smallest absolute Gasteiger partial charge is 0.145 e. The summed E-state index contributed by atoms with van der Waals surface area (Å²) in [6, 6.07) is 19.8. The van der Waals surface area contributed by atoms with Gasteiger partial charge in [-0.2, -0.15) is 0 Å². The quantitative estimate of drug-likeness (QED) is 0.649. The summed E-state index contributed by atoms with van der Waals surface area (Å²) in [6.45, 7) is 6.08. The molecule has 0 amide bonds. The molecule has 0 aliphatic heterocycles. The molecular weight excluding hydrogens is 338 g/mol. The van der Waals surface area contributed by atoms with Gasteiger partial charge in [0.25, 0.3) is 0 Å². The molecule has 1 unspecified atom stereocenters. The average Bonchev–Trinajstić information content (AvgIpc) is 2.69. The Morgan fingerprint density at radius 2 is 1.33 bits per heavy atom. The van der Waals surface area contributed by atoms with E-state index in [1.807, 2.05) is 30.3 Å². The summed E-state index contributed by atoms with van der Waals surface area (Å²) in [5, 5.41) is 9.52. The Balaban J connectivity index is 1.75. The summed E-state index contributed by atoms with van der Waals surface area (Å²) in [7, 11) is 1.67. The van der Waals surface area contributed by atoms with E-state index in [-0.39, 0.29) is 5.41 Å². The molecule has 0 saturated carbocycles. The zero-order valence-corrected chi connectivity index (χ0v) is 16.1. The van der Waals surface area contributed by atoms with Gasteiger partial charge in [-0.15, -0.1) is 0 Å². The Morgan fingerprint density at radius 1 is 0.815 bits per heavy atom. The minimum Gasteiger partial charge on any atom is -0.497 e. The van der Waals surface area contributed by atoms with Crippen molar-refractivity contribution in [2.45, 2.75) is 32.3 Å². The Kier molecular flexibility index (Phi) is 5.47. The van der Waals surface area contributed by atoms with Gasteiger partial charge in [-0.05, 0) is 54.4 Å². The number of rotatable bonds is 6. The van der Waals surface area contributed by atoms with Crippen LogP contribution in [0, 0.1) is 0 Å². The number of hydrogen-bond donors (Lipinski definition) is 1. The second kappa shape index (κ2) is 7.80. The molecule has 0 radical (unpaired) electrons. The number of methoxy groups -OCH3 is 1. The molecule has 3 rings (SSSR count). The van der Waals surface area contributed by atoms with Gasteiger partial charge in [-0.3, -0.25) is 4.98 Å². The first-order valence-corrected chi connectivity index (χ1v) is 8.97. The average molecular weight is 363 g/mol. The van der Waals surface area contributed by atoms with Crippen molar-refractivity contribution in [3.05, 3.63) is 83.7 Å². The molecule has 140 valence electrons. The molecule has 0 fully saturated rings. The highest BCUT2D eigenvalue weighted by atomic mass is 16.5. The number of aliphatic hydroxyl groups excluding tert-OH is 1. The molecule has 2 aromatic carbocycles. The van der Waals surface area contributed by atoms with Crippen LogP contribution in [0.3, 0.4) is 0 Å². The summed E-state index contributed by atoms with van der Waals surface area (Å²) < 4.78 is 11.1. The van der Waals surface area contributed by atoms with Gasteiger partial charge in [-0.1, -0.05) is 38.1 Å². The molecule has 4 nitrogen and oxygen atoms in total. The molecule has 1 heterocycles. The van der Waals surface area contributed by atoms with Gasteiger partial charge < -0.3 is 14.6 Å². The fourth-order valence-corrected chi connectivity index (χ4v) is 2.95. The maximum absolute atomic E-state index is 9.52. The van der Waals surface area contributed by atoms with Crippen LogP contribution in [0.5, 0.6) is 17.2 Å². The molecule has 0 aliphatic rings. The lowest BCUT2D eigenvalue weighted by molar-refractivity contribution is 0.194. The highest BCUT2D eigenvalue weighted by Gasteiger charge is 2.23. The predicted molar refractivity (Wildman–Crippen MR) is 107 cm³/mol. The Bertz CT molecular complexity index is 867. The number of aliphatic hydroxyl groups is 1. The van der Waals surface area contributed by atoms with Crippen LogP contribution >= 0.6 is 0 Å². The summed E-state index contributed by atoms with van der Waals surface area (Å²) in [6.07, 6.45) is 1.04. The van der Waals surface area contributed by atoms with Crippen LogP contribution in [-0.2, 0) is 5.41 Å². The number of ether oxygens (including phenoxy) is 2. The SMILES string of the molecule is COc1ccc(C(C)(C)c2ccc(Oc3ccc(C(C)O)nc3)cc2)cc1. The van der Waals surface area contributed by atoms with Crippen LogP contribution in [0.4, 0.5) is 0 Å². The Hall–Kier alpha value is -2.85. The molecule has 0 bridgehead atoms. The van der Waals surface area contributed by atoms with Crippen LogP contribution in [0.1, 0.15) is 43.7 Å². The zero-order valence-electron chi connectivity index (χ0n) is 16.1. The van der Waals surface area contributed by atoms with Gasteiger partial charge in [0.15, 0.2) is 0 Å². The van der Waals surface area contributed by atoms with Crippen molar-refractivity contribution in [2.75, 3.05) is 7.11 Å². The number of nitrogens with zero attached hydrogens (tertiary/aromatic N) is 1. The minimum atomic E-state index is -0.585. The second-order valence-electron chi connectivity index (χ2n) is 7.07. The van der Waals surface area contributed by atoms with Crippen LogP contribution in [0.25, 0.3) is 0 Å². The van der Waals surface area contributed by atoms with Crippen molar-refractivity contribution in [2.24, 2.45) is 0 Å². The monoisotopic (exact) mass is 363 g/mol. The maximum Gasteiger partial charge on any atom is 0.145 e. The van der Waals surface area contributed by atoms with Crippen molar-refractivity contribution in [1.29, 1.82) is 0 Å². The molecule has 3 aromatic rings. The van der Waals surface area contributed by atoms with Crippen molar-refractivity contribution < 1.29 is 14.6 Å². The minimum absolute atomic E-state index is 0.134. The molecule has 0 aliphatic carbocycles. The van der Waals surface area contributed by atoms with Gasteiger partial charge in [0.1, 0.15) is 17.2 Å². The third-order valence-corrected chi connectivity index (χ3v) is 4.81. The topological polar surface area (TPSA) is 51.6 Å². The van der Waals surface area contributed by atoms with E-state index in [4.69, 9.17) is 9.47 Å². The fraction of sp³-hybridized carbons (Fsp3) is 0.261. The third kappa shape index (κ3) is 4.29. The molecule has 1 N–H and O–H groups in total. The van der Waals surface area contributed by atoms with Crippen molar-refractivity contribution >= 4 is 0 Å². The Morgan fingerprint density at radius 3 is 1.78 bits per heavy atom. The van der Waals surface area contributed by atoms with Crippen molar-refractivity contribution in [1.82, 2.24) is 4.98 Å². The normalized spacial score (nSPS) is 12.5. The van der Waals surface area contributed by atoms with E-state index >= 15 is 0 Å². The first-order chi connectivity index (χ1) is 12.9. The van der Waals surface area contributed by atoms with Crippen LogP contribution in [0.15, 0.2) is 66.9 Å². The van der Waals surface area contributed by atoms with E-state index in [0.717, 1.165) is 11.5 Å². The first kappa shape index (κ1) is 18.9. The largest absolute Gasteiger partial charge is 0.497 e. The number of aromatic nitrogens is 1. The Labute approximate surface area is 160 Å². The van der Waals surface area contributed by atoms with Gasteiger partial charge >= 0.3 is 0 Å². The van der Waals surface area contributed by atoms with Crippen molar-refractivity contribution in [3.8, 4) is 17.2 Å². The van der Waals surface area contributed by atoms with E-state index in [1.165, 1.54) is 11.1 Å². The summed E-state index contributed by atoms with van der Waals surface area (Å²) in [5.41, 5.74) is 2.90. The molecule has 0 spiro atoms. The predicted octanol–water partition coefficient (Wildman–Crippen LogP) is 5.26. The number of hydrogen-bond acceptors (Lipinski definition) is 4. The van der Waals surface area contributed by atoms with E-state index in [1.54, 1.807) is 26.3 Å². The zero-order chi connectivity index (χ0) is 19.4. The van der Waals surface area contributed by atoms with E-state index < -0.39 is 6.10 Å². The molecule has 0 saturated heterocycles. The first-order valence-electron chi connectivity index (χ1n) is 8.97. The van der Waals surface area contributed by atoms with Gasteiger partial charge in [0.05, 0.1) is 25.1 Å². The van der Waals surface area contributed by atoms with Crippen molar-refractivity contribution in [3.63, 3.8) is 0 Å². The summed E-state index contributed by atoms with van der Waals surface area (Å²) >= 11 is 0. The molecule has 27 heavy (non-hydrogen) atoms. The molecule has 1 atom stereocenters. The third-order valence-electron chi connectivity index (χ3n) is 4.81. The van der Waals surface area contributed by atoms with Gasteiger partial charge in [-0.25, -0.2) is 0 Å². The van der Waals surface area contributed by atoms with Crippen LogP contribution in [0.2, 0.25) is 0 Å². The molecular formula is C23H25NO3. The fourth-order valence-electron chi connectivity index (χ4n) is 2.95. The number of benzene rings is 2. The lowest BCUT2D eigenvalue weighted by Gasteiger charge is -2.26. The number of pyridine rings is 1. The highest BCUT2D eigenvalue weighted by Crippen LogP contribution is 2.34. The van der Waals surface area contributed by atoms with E-state index in [9.17, 15) is 5.11 Å².